The van der Waals surface area contributed by atoms with Crippen molar-refractivity contribution >= 4 is 17.7 Å². The van der Waals surface area contributed by atoms with Crippen LogP contribution in [0.4, 0.5) is 32.4 Å². The van der Waals surface area contributed by atoms with E-state index in [1.165, 1.54) is 24.3 Å². The molecule has 0 aliphatic heterocycles. The summed E-state index contributed by atoms with van der Waals surface area (Å²) in [5.74, 6) is -0.921. The number of para-hydroxylation sites is 2. The average molecular weight is 356 g/mol. The third-order valence-corrected chi connectivity index (χ3v) is 2.37. The van der Waals surface area contributed by atoms with Crippen LogP contribution in [-0.4, -0.2) is 37.9 Å². The minimum atomic E-state index is -4.65. The molecule has 0 aliphatic rings. The fourth-order valence-corrected chi connectivity index (χ4v) is 1.46. The first-order valence-corrected chi connectivity index (χ1v) is 6.48. The van der Waals surface area contributed by atoms with Gasteiger partial charge in [0, 0.05) is 13.0 Å². The number of nitrogens with one attached hydrogen (secondary N) is 2. The molecule has 0 unspecified atom stereocenters. The van der Waals surface area contributed by atoms with Gasteiger partial charge in [-0.25, -0.2) is 4.79 Å². The number of halogens is 5. The topological polar surface area (TPSA) is 76.7 Å². The highest BCUT2D eigenvalue weighted by Crippen LogP contribution is 2.25. The summed E-state index contributed by atoms with van der Waals surface area (Å²) in [6, 6.07) is 5.43. The molecule has 0 aliphatic carbocycles. The van der Waals surface area contributed by atoms with Gasteiger partial charge in [-0.05, 0) is 12.1 Å². The predicted octanol–water partition coefficient (Wildman–Crippen LogP) is 2.91. The van der Waals surface area contributed by atoms with Crippen LogP contribution in [-0.2, 0) is 9.53 Å². The molecule has 24 heavy (non-hydrogen) atoms. The van der Waals surface area contributed by atoms with E-state index in [0.29, 0.717) is 0 Å². The van der Waals surface area contributed by atoms with E-state index in [9.17, 15) is 31.5 Å². The SMILES string of the molecule is O=C(CCNC(=O)OCC(F)(F)F)Nc1ccccc1OC(F)F. The molecule has 0 aromatic heterocycles. The normalized spacial score (nSPS) is 11.1. The number of carbonyl (C=O) groups excluding carboxylic acids is 2. The van der Waals surface area contributed by atoms with Crippen LogP contribution in [0.1, 0.15) is 6.42 Å². The van der Waals surface area contributed by atoms with E-state index in [2.05, 4.69) is 14.8 Å². The summed E-state index contributed by atoms with van der Waals surface area (Å²) >= 11 is 0. The molecule has 0 fully saturated rings. The fraction of sp³-hybridized carbons (Fsp3) is 0.385. The van der Waals surface area contributed by atoms with Crippen molar-refractivity contribution in [3.05, 3.63) is 24.3 Å². The van der Waals surface area contributed by atoms with E-state index in [1.54, 1.807) is 0 Å². The highest BCUT2D eigenvalue weighted by atomic mass is 19.4. The van der Waals surface area contributed by atoms with Crippen molar-refractivity contribution in [1.82, 2.24) is 5.32 Å². The summed E-state index contributed by atoms with van der Waals surface area (Å²) in [4.78, 5) is 22.6. The zero-order valence-electron chi connectivity index (χ0n) is 12.0. The van der Waals surface area contributed by atoms with E-state index in [1.807, 2.05) is 5.32 Å². The Bertz CT molecular complexity index is 566. The van der Waals surface area contributed by atoms with Crippen LogP contribution in [0.15, 0.2) is 24.3 Å². The molecule has 1 aromatic rings. The summed E-state index contributed by atoms with van der Waals surface area (Å²) in [5, 5.41) is 4.22. The van der Waals surface area contributed by atoms with Gasteiger partial charge in [-0.15, -0.1) is 0 Å². The van der Waals surface area contributed by atoms with Crippen molar-refractivity contribution in [2.75, 3.05) is 18.5 Å². The van der Waals surface area contributed by atoms with Crippen molar-refractivity contribution in [2.24, 2.45) is 0 Å². The number of alkyl halides is 5. The molecule has 11 heteroatoms. The number of ether oxygens (including phenoxy) is 2. The molecule has 0 saturated carbocycles. The van der Waals surface area contributed by atoms with Gasteiger partial charge < -0.3 is 20.1 Å². The molecule has 0 saturated heterocycles. The standard InChI is InChI=1S/C13H13F5N2O4/c14-11(15)24-9-4-2-1-3-8(9)20-10(21)5-6-19-12(22)23-7-13(16,17)18/h1-4,11H,5-7H2,(H,19,22)(H,20,21). The average Bonchev–Trinajstić information content (AvgIpc) is 2.46. The lowest BCUT2D eigenvalue weighted by molar-refractivity contribution is -0.160. The van der Waals surface area contributed by atoms with E-state index < -0.39 is 31.4 Å². The summed E-state index contributed by atoms with van der Waals surface area (Å²) in [6.45, 7) is -5.13. The molecule has 6 nitrogen and oxygen atoms in total. The summed E-state index contributed by atoms with van der Waals surface area (Å²) in [6.07, 6.45) is -6.30. The monoisotopic (exact) mass is 356 g/mol. The Hall–Kier alpha value is -2.59. The van der Waals surface area contributed by atoms with Crippen molar-refractivity contribution < 1.29 is 41.0 Å². The highest BCUT2D eigenvalue weighted by molar-refractivity contribution is 5.92. The van der Waals surface area contributed by atoms with Crippen molar-refractivity contribution in [1.29, 1.82) is 0 Å². The van der Waals surface area contributed by atoms with Gasteiger partial charge in [-0.3, -0.25) is 4.79 Å². The first-order valence-electron chi connectivity index (χ1n) is 6.48. The van der Waals surface area contributed by atoms with Gasteiger partial charge in [0.05, 0.1) is 5.69 Å². The Labute approximate surface area is 132 Å². The number of hydrogen-bond acceptors (Lipinski definition) is 4. The lowest BCUT2D eigenvalue weighted by Crippen LogP contribution is -2.31. The van der Waals surface area contributed by atoms with Crippen LogP contribution < -0.4 is 15.4 Å². The minimum Gasteiger partial charge on any atom is -0.440 e. The number of benzene rings is 1. The Morgan fingerprint density at radius 3 is 2.46 bits per heavy atom. The fourth-order valence-electron chi connectivity index (χ4n) is 1.46. The van der Waals surface area contributed by atoms with E-state index in [0.717, 1.165) is 0 Å². The third-order valence-electron chi connectivity index (χ3n) is 2.37. The first kappa shape index (κ1) is 19.5. The number of rotatable bonds is 7. The molecule has 1 rings (SSSR count). The smallest absolute Gasteiger partial charge is 0.422 e. The minimum absolute atomic E-state index is 0.0116. The molecule has 0 atom stereocenters. The van der Waals surface area contributed by atoms with Gasteiger partial charge in [-0.2, -0.15) is 22.0 Å². The van der Waals surface area contributed by atoms with Crippen LogP contribution in [0, 0.1) is 0 Å². The van der Waals surface area contributed by atoms with Crippen LogP contribution in [0.25, 0.3) is 0 Å². The van der Waals surface area contributed by atoms with Gasteiger partial charge in [0.1, 0.15) is 5.75 Å². The van der Waals surface area contributed by atoms with Crippen molar-refractivity contribution in [3.63, 3.8) is 0 Å². The maximum atomic E-state index is 12.2. The lowest BCUT2D eigenvalue weighted by Gasteiger charge is -2.12. The molecule has 0 bridgehead atoms. The third kappa shape index (κ3) is 8.15. The second kappa shape index (κ2) is 8.89. The van der Waals surface area contributed by atoms with Gasteiger partial charge >= 0.3 is 18.9 Å². The Kier molecular flexibility index (Phi) is 7.21. The summed E-state index contributed by atoms with van der Waals surface area (Å²) < 4.78 is 67.9. The molecule has 1 aromatic carbocycles. The van der Waals surface area contributed by atoms with Crippen molar-refractivity contribution in [2.45, 2.75) is 19.2 Å². The van der Waals surface area contributed by atoms with Crippen LogP contribution in [0.3, 0.4) is 0 Å². The zero-order valence-corrected chi connectivity index (χ0v) is 12.0. The predicted molar refractivity (Wildman–Crippen MR) is 71.7 cm³/mol. The number of carbonyl (C=O) groups is 2. The van der Waals surface area contributed by atoms with Gasteiger partial charge in [0.15, 0.2) is 6.61 Å². The van der Waals surface area contributed by atoms with Gasteiger partial charge in [0.2, 0.25) is 5.91 Å². The molecular formula is C13H13F5N2O4. The maximum absolute atomic E-state index is 12.2. The van der Waals surface area contributed by atoms with Crippen molar-refractivity contribution in [3.8, 4) is 5.75 Å². The van der Waals surface area contributed by atoms with Gasteiger partial charge in [-0.1, -0.05) is 12.1 Å². The number of hydrogen-bond donors (Lipinski definition) is 2. The molecule has 0 heterocycles. The molecule has 0 radical (unpaired) electrons. The lowest BCUT2D eigenvalue weighted by atomic mass is 10.3. The number of amides is 2. The summed E-state index contributed by atoms with van der Waals surface area (Å²) in [5.41, 5.74) is -0.0116. The highest BCUT2D eigenvalue weighted by Gasteiger charge is 2.29. The maximum Gasteiger partial charge on any atom is 0.422 e. The largest absolute Gasteiger partial charge is 0.440 e. The Balaban J connectivity index is 2.38. The Morgan fingerprint density at radius 1 is 1.17 bits per heavy atom. The molecule has 134 valence electrons. The second-order valence-corrected chi connectivity index (χ2v) is 4.29. The van der Waals surface area contributed by atoms with Crippen LogP contribution >= 0.6 is 0 Å². The Morgan fingerprint density at radius 2 is 1.83 bits per heavy atom. The molecule has 0 spiro atoms. The molecule has 2 N–H and O–H groups in total. The van der Waals surface area contributed by atoms with E-state index >= 15 is 0 Å². The number of alkyl carbamates (subject to hydrolysis) is 1. The quantitative estimate of drug-likeness (QED) is 0.737. The molecule has 2 amide bonds. The summed E-state index contributed by atoms with van der Waals surface area (Å²) in [7, 11) is 0. The zero-order chi connectivity index (χ0) is 18.2. The van der Waals surface area contributed by atoms with Gasteiger partial charge in [0.25, 0.3) is 0 Å². The van der Waals surface area contributed by atoms with E-state index in [-0.39, 0.29) is 24.4 Å². The molecular weight excluding hydrogens is 343 g/mol. The van der Waals surface area contributed by atoms with Crippen LogP contribution in [0.5, 0.6) is 5.75 Å². The first-order chi connectivity index (χ1) is 11.2. The van der Waals surface area contributed by atoms with Crippen LogP contribution in [0.2, 0.25) is 0 Å². The second-order valence-electron chi connectivity index (χ2n) is 4.29. The van der Waals surface area contributed by atoms with E-state index in [4.69, 9.17) is 0 Å². The number of anilines is 1.